The summed E-state index contributed by atoms with van der Waals surface area (Å²) >= 11 is 0. The van der Waals surface area contributed by atoms with Crippen LogP contribution in [-0.2, 0) is 6.54 Å². The summed E-state index contributed by atoms with van der Waals surface area (Å²) in [6.07, 6.45) is 5.46. The molecular weight excluding hydrogens is 293 g/mol. The van der Waals surface area contributed by atoms with Crippen LogP contribution in [0.15, 0.2) is 42.7 Å². The third kappa shape index (κ3) is 4.77. The van der Waals surface area contributed by atoms with Crippen molar-refractivity contribution in [3.8, 4) is 0 Å². The molecule has 0 atom stereocenters. The molecule has 0 aliphatic heterocycles. The Morgan fingerprint density at radius 2 is 2.09 bits per heavy atom. The predicted octanol–water partition coefficient (Wildman–Crippen LogP) is 3.39. The fourth-order valence-electron chi connectivity index (χ4n) is 2.20. The van der Waals surface area contributed by atoms with E-state index in [2.05, 4.69) is 22.1 Å². The van der Waals surface area contributed by atoms with Gasteiger partial charge in [-0.3, -0.25) is 9.78 Å². The van der Waals surface area contributed by atoms with Gasteiger partial charge in [-0.1, -0.05) is 31.5 Å². The zero-order valence-electron chi connectivity index (χ0n) is 13.6. The minimum absolute atomic E-state index is 0.154. The number of nitrogens with zero attached hydrogens (tertiary/aromatic N) is 2. The van der Waals surface area contributed by atoms with Gasteiger partial charge in [-0.2, -0.15) is 0 Å². The summed E-state index contributed by atoms with van der Waals surface area (Å²) in [6, 6.07) is 8.21. The van der Waals surface area contributed by atoms with Crippen molar-refractivity contribution in [3.05, 3.63) is 59.7 Å². The predicted molar refractivity (Wildman–Crippen MR) is 90.0 cm³/mol. The van der Waals surface area contributed by atoms with Gasteiger partial charge in [0.25, 0.3) is 5.91 Å². The first-order valence-electron chi connectivity index (χ1n) is 7.79. The van der Waals surface area contributed by atoms with E-state index in [0.717, 1.165) is 25.1 Å². The van der Waals surface area contributed by atoms with Gasteiger partial charge >= 0.3 is 0 Å². The summed E-state index contributed by atoms with van der Waals surface area (Å²) in [5.41, 5.74) is 1.84. The van der Waals surface area contributed by atoms with Gasteiger partial charge < -0.3 is 10.2 Å². The van der Waals surface area contributed by atoms with Gasteiger partial charge in [0.05, 0.1) is 17.4 Å². The number of anilines is 1. The summed E-state index contributed by atoms with van der Waals surface area (Å²) in [4.78, 5) is 18.4. The van der Waals surface area contributed by atoms with Crippen molar-refractivity contribution < 1.29 is 9.18 Å². The molecule has 0 saturated heterocycles. The van der Waals surface area contributed by atoms with Crippen LogP contribution in [0.5, 0.6) is 0 Å². The molecule has 0 saturated carbocycles. The zero-order chi connectivity index (χ0) is 16.7. The summed E-state index contributed by atoms with van der Waals surface area (Å²) < 4.78 is 13.6. The average molecular weight is 315 g/mol. The molecular formula is C18H22FN3O. The van der Waals surface area contributed by atoms with Crippen molar-refractivity contribution >= 4 is 11.6 Å². The van der Waals surface area contributed by atoms with Crippen molar-refractivity contribution in [2.45, 2.75) is 26.3 Å². The first-order chi connectivity index (χ1) is 11.1. The number of amides is 1. The third-order valence-corrected chi connectivity index (χ3v) is 3.67. The molecule has 1 heterocycles. The van der Waals surface area contributed by atoms with E-state index in [1.165, 1.54) is 12.3 Å². The fraction of sp³-hybridized carbons (Fsp3) is 0.333. The lowest BCUT2D eigenvalue weighted by Crippen LogP contribution is -2.24. The highest BCUT2D eigenvalue weighted by atomic mass is 19.1. The molecule has 5 heteroatoms. The van der Waals surface area contributed by atoms with Crippen molar-refractivity contribution in [2.24, 2.45) is 0 Å². The number of hydrogen-bond acceptors (Lipinski definition) is 3. The van der Waals surface area contributed by atoms with Crippen LogP contribution in [-0.4, -0.2) is 24.5 Å². The lowest BCUT2D eigenvalue weighted by Gasteiger charge is -2.19. The number of hydrogen-bond donors (Lipinski definition) is 1. The highest BCUT2D eigenvalue weighted by molar-refractivity contribution is 5.94. The second kappa shape index (κ2) is 8.27. The van der Waals surface area contributed by atoms with Gasteiger partial charge in [-0.15, -0.1) is 0 Å². The Bertz CT molecular complexity index is 660. The normalized spacial score (nSPS) is 10.4. The van der Waals surface area contributed by atoms with Gasteiger partial charge in [0.2, 0.25) is 0 Å². The molecule has 0 fully saturated rings. The molecule has 1 aromatic carbocycles. The maximum Gasteiger partial charge on any atom is 0.253 e. The molecule has 0 spiro atoms. The molecule has 1 N–H and O–H groups in total. The molecule has 2 aromatic rings. The maximum atomic E-state index is 13.6. The molecule has 122 valence electrons. The quantitative estimate of drug-likeness (QED) is 0.852. The number of halogens is 1. The topological polar surface area (TPSA) is 45.2 Å². The van der Waals surface area contributed by atoms with E-state index in [-0.39, 0.29) is 18.3 Å². The standard InChI is InChI=1S/C18H22FN3O/c1-3-4-9-22(2)16-10-15(11-20-13-16)18(23)21-12-14-7-5-6-8-17(14)19/h5-8,10-11,13H,3-4,9,12H2,1-2H3,(H,21,23). The average Bonchev–Trinajstić information content (AvgIpc) is 2.58. The fourth-order valence-corrected chi connectivity index (χ4v) is 2.20. The Morgan fingerprint density at radius 1 is 1.30 bits per heavy atom. The smallest absolute Gasteiger partial charge is 0.253 e. The second-order valence-electron chi connectivity index (χ2n) is 5.48. The van der Waals surface area contributed by atoms with E-state index >= 15 is 0 Å². The van der Waals surface area contributed by atoms with Crippen LogP contribution < -0.4 is 10.2 Å². The summed E-state index contributed by atoms with van der Waals surface area (Å²) in [5.74, 6) is -0.578. The zero-order valence-corrected chi connectivity index (χ0v) is 13.6. The third-order valence-electron chi connectivity index (χ3n) is 3.67. The summed E-state index contributed by atoms with van der Waals surface area (Å²) in [7, 11) is 1.98. The molecule has 0 radical (unpaired) electrons. The number of nitrogens with one attached hydrogen (secondary N) is 1. The summed E-state index contributed by atoms with van der Waals surface area (Å²) in [6.45, 7) is 3.21. The number of unbranched alkanes of at least 4 members (excludes halogenated alkanes) is 1. The van der Waals surface area contributed by atoms with Crippen molar-refractivity contribution in [1.82, 2.24) is 10.3 Å². The number of carbonyl (C=O) groups excluding carboxylic acids is 1. The van der Waals surface area contributed by atoms with Gasteiger partial charge in [-0.05, 0) is 18.6 Å². The Balaban J connectivity index is 2.01. The molecule has 4 nitrogen and oxygen atoms in total. The number of benzene rings is 1. The van der Waals surface area contributed by atoms with Gasteiger partial charge in [0, 0.05) is 31.9 Å². The van der Waals surface area contributed by atoms with Gasteiger partial charge in [0.15, 0.2) is 0 Å². The van der Waals surface area contributed by atoms with Crippen molar-refractivity contribution in [1.29, 1.82) is 0 Å². The molecule has 23 heavy (non-hydrogen) atoms. The number of pyridine rings is 1. The molecule has 0 aliphatic carbocycles. The monoisotopic (exact) mass is 315 g/mol. The van der Waals surface area contributed by atoms with Crippen LogP contribution in [0.1, 0.15) is 35.7 Å². The van der Waals surface area contributed by atoms with Crippen molar-refractivity contribution in [2.75, 3.05) is 18.5 Å². The number of carbonyl (C=O) groups is 1. The molecule has 0 unspecified atom stereocenters. The Morgan fingerprint density at radius 3 is 2.83 bits per heavy atom. The SMILES string of the molecule is CCCCN(C)c1cncc(C(=O)NCc2ccccc2F)c1. The summed E-state index contributed by atoms with van der Waals surface area (Å²) in [5, 5.41) is 2.73. The lowest BCUT2D eigenvalue weighted by molar-refractivity contribution is 0.0950. The molecule has 1 aromatic heterocycles. The highest BCUT2D eigenvalue weighted by Gasteiger charge is 2.10. The minimum Gasteiger partial charge on any atom is -0.373 e. The molecule has 0 aliphatic rings. The lowest BCUT2D eigenvalue weighted by atomic mass is 10.2. The van der Waals surface area contributed by atoms with Crippen LogP contribution >= 0.6 is 0 Å². The largest absolute Gasteiger partial charge is 0.373 e. The first kappa shape index (κ1) is 16.9. The molecule has 1 amide bonds. The van der Waals surface area contributed by atoms with Gasteiger partial charge in [-0.25, -0.2) is 4.39 Å². The van der Waals surface area contributed by atoms with Crippen LogP contribution in [0.4, 0.5) is 10.1 Å². The maximum absolute atomic E-state index is 13.6. The number of rotatable bonds is 7. The first-order valence-corrected chi connectivity index (χ1v) is 7.79. The Hall–Kier alpha value is -2.43. The second-order valence-corrected chi connectivity index (χ2v) is 5.48. The Labute approximate surface area is 136 Å². The van der Waals surface area contributed by atoms with Crippen LogP contribution in [0.25, 0.3) is 0 Å². The Kier molecular flexibility index (Phi) is 6.09. The highest BCUT2D eigenvalue weighted by Crippen LogP contribution is 2.14. The van der Waals surface area contributed by atoms with Crippen LogP contribution in [0.3, 0.4) is 0 Å². The minimum atomic E-state index is -0.320. The van der Waals surface area contributed by atoms with Crippen LogP contribution in [0, 0.1) is 5.82 Å². The van der Waals surface area contributed by atoms with Crippen LogP contribution in [0.2, 0.25) is 0 Å². The van der Waals surface area contributed by atoms with Gasteiger partial charge in [0.1, 0.15) is 5.82 Å². The van der Waals surface area contributed by atoms with E-state index < -0.39 is 0 Å². The number of aromatic nitrogens is 1. The van der Waals surface area contributed by atoms with E-state index in [9.17, 15) is 9.18 Å². The van der Waals surface area contributed by atoms with Crippen molar-refractivity contribution in [3.63, 3.8) is 0 Å². The molecule has 0 bridgehead atoms. The van der Waals surface area contributed by atoms with E-state index in [4.69, 9.17) is 0 Å². The van der Waals surface area contributed by atoms with E-state index in [1.807, 2.05) is 7.05 Å². The molecule has 2 rings (SSSR count). The van der Waals surface area contributed by atoms with E-state index in [1.54, 1.807) is 30.5 Å². The van der Waals surface area contributed by atoms with E-state index in [0.29, 0.717) is 11.1 Å².